The fraction of sp³-hybridized carbons (Fsp3) is 0.0833. The van der Waals surface area contributed by atoms with Crippen molar-refractivity contribution in [1.82, 2.24) is 10.4 Å². The number of H-pyrrole nitrogens is 1. The number of hydrazone groups is 1. The van der Waals surface area contributed by atoms with Crippen molar-refractivity contribution in [2.24, 2.45) is 5.10 Å². The monoisotopic (exact) mass is 617 g/mol. The van der Waals surface area contributed by atoms with Gasteiger partial charge in [-0.3, -0.25) is 4.79 Å². The summed E-state index contributed by atoms with van der Waals surface area (Å²) in [6.45, 7) is 2.18. The van der Waals surface area contributed by atoms with E-state index in [0.717, 1.165) is 27.2 Å². The summed E-state index contributed by atoms with van der Waals surface area (Å²) in [5, 5.41) is 7.64. The summed E-state index contributed by atoms with van der Waals surface area (Å²) in [5.41, 5.74) is 6.18. The van der Waals surface area contributed by atoms with Crippen molar-refractivity contribution in [1.29, 1.82) is 0 Å². The number of aromatic nitrogens is 1. The normalized spacial score (nSPS) is 11.2. The Bertz CT molecular complexity index is 2090. The molecule has 0 fully saturated rings. The molecule has 45 heavy (non-hydrogen) atoms. The minimum Gasteiger partial charge on any atom is -0.497 e. The SMILES string of the molecule is CCOc1cc(C=NNC(=O)c2[nH]c3c(ccc4ccccc43)c2-c2ccccc2Cl)ccc1OC(=O)c1cccc(OC)c1. The Morgan fingerprint density at radius 3 is 2.53 bits per heavy atom. The molecule has 0 radical (unpaired) electrons. The molecule has 1 aromatic heterocycles. The van der Waals surface area contributed by atoms with Crippen molar-refractivity contribution in [3.05, 3.63) is 125 Å². The molecule has 0 saturated carbocycles. The van der Waals surface area contributed by atoms with Gasteiger partial charge in [0.15, 0.2) is 11.5 Å². The second kappa shape index (κ2) is 13.0. The lowest BCUT2D eigenvalue weighted by molar-refractivity contribution is 0.0727. The van der Waals surface area contributed by atoms with Crippen LogP contribution in [0.5, 0.6) is 17.2 Å². The molecule has 6 rings (SSSR count). The summed E-state index contributed by atoms with van der Waals surface area (Å²) in [4.78, 5) is 29.7. The minimum absolute atomic E-state index is 0.250. The smallest absolute Gasteiger partial charge is 0.343 e. The summed E-state index contributed by atoms with van der Waals surface area (Å²) in [6, 6.07) is 31.1. The molecule has 1 heterocycles. The summed E-state index contributed by atoms with van der Waals surface area (Å²) in [7, 11) is 1.53. The molecular formula is C36H28ClN3O5. The zero-order valence-electron chi connectivity index (χ0n) is 24.5. The number of carbonyl (C=O) groups is 2. The molecule has 0 spiro atoms. The molecule has 6 aromatic rings. The highest BCUT2D eigenvalue weighted by molar-refractivity contribution is 6.34. The van der Waals surface area contributed by atoms with E-state index in [-0.39, 0.29) is 5.75 Å². The first-order valence-corrected chi connectivity index (χ1v) is 14.6. The van der Waals surface area contributed by atoms with E-state index >= 15 is 0 Å². The van der Waals surface area contributed by atoms with Crippen molar-refractivity contribution in [2.75, 3.05) is 13.7 Å². The maximum absolute atomic E-state index is 13.6. The van der Waals surface area contributed by atoms with E-state index in [2.05, 4.69) is 15.5 Å². The number of amides is 1. The second-order valence-electron chi connectivity index (χ2n) is 10.0. The lowest BCUT2D eigenvalue weighted by atomic mass is 9.99. The van der Waals surface area contributed by atoms with Gasteiger partial charge in [-0.25, -0.2) is 10.2 Å². The van der Waals surface area contributed by atoms with Crippen LogP contribution in [0.2, 0.25) is 5.02 Å². The quantitative estimate of drug-likeness (QED) is 0.0740. The zero-order chi connectivity index (χ0) is 31.3. The van der Waals surface area contributed by atoms with Crippen LogP contribution >= 0.6 is 11.6 Å². The van der Waals surface area contributed by atoms with Crippen LogP contribution in [0.15, 0.2) is 108 Å². The molecule has 2 N–H and O–H groups in total. The van der Waals surface area contributed by atoms with E-state index in [1.165, 1.54) is 13.3 Å². The second-order valence-corrected chi connectivity index (χ2v) is 10.4. The van der Waals surface area contributed by atoms with E-state index in [1.54, 1.807) is 48.5 Å². The van der Waals surface area contributed by atoms with Crippen LogP contribution in [0.25, 0.3) is 32.8 Å². The average molecular weight is 618 g/mol. The van der Waals surface area contributed by atoms with E-state index in [1.807, 2.05) is 61.5 Å². The van der Waals surface area contributed by atoms with Gasteiger partial charge in [0.1, 0.15) is 11.4 Å². The van der Waals surface area contributed by atoms with Crippen LogP contribution in [0, 0.1) is 0 Å². The molecule has 9 heteroatoms. The molecule has 0 aliphatic heterocycles. The van der Waals surface area contributed by atoms with Crippen molar-refractivity contribution in [2.45, 2.75) is 6.92 Å². The molecule has 224 valence electrons. The van der Waals surface area contributed by atoms with Gasteiger partial charge in [-0.15, -0.1) is 0 Å². The lowest BCUT2D eigenvalue weighted by Crippen LogP contribution is -2.19. The van der Waals surface area contributed by atoms with E-state index < -0.39 is 11.9 Å². The van der Waals surface area contributed by atoms with Crippen LogP contribution in [-0.2, 0) is 0 Å². The first kappa shape index (κ1) is 29.5. The number of ether oxygens (including phenoxy) is 3. The molecule has 1 amide bonds. The third kappa shape index (κ3) is 6.09. The Hall–Kier alpha value is -5.60. The Kier molecular flexibility index (Phi) is 8.48. The molecule has 0 aliphatic rings. The highest BCUT2D eigenvalue weighted by Gasteiger charge is 2.22. The molecule has 0 unspecified atom stereocenters. The molecule has 5 aromatic carbocycles. The predicted molar refractivity (Wildman–Crippen MR) is 177 cm³/mol. The summed E-state index contributed by atoms with van der Waals surface area (Å²) < 4.78 is 16.5. The topological polar surface area (TPSA) is 102 Å². The van der Waals surface area contributed by atoms with Crippen molar-refractivity contribution >= 4 is 51.4 Å². The number of hydrogen-bond donors (Lipinski definition) is 2. The van der Waals surface area contributed by atoms with Gasteiger partial charge in [0.25, 0.3) is 5.91 Å². The highest BCUT2D eigenvalue weighted by atomic mass is 35.5. The average Bonchev–Trinajstić information content (AvgIpc) is 3.46. The maximum Gasteiger partial charge on any atom is 0.343 e. The third-order valence-electron chi connectivity index (χ3n) is 7.22. The number of esters is 1. The van der Waals surface area contributed by atoms with Gasteiger partial charge in [0.2, 0.25) is 0 Å². The molecule has 8 nitrogen and oxygen atoms in total. The Labute approximate surface area is 264 Å². The number of nitrogens with zero attached hydrogens (tertiary/aromatic N) is 1. The number of carbonyl (C=O) groups excluding carboxylic acids is 2. The fourth-order valence-corrected chi connectivity index (χ4v) is 5.37. The summed E-state index contributed by atoms with van der Waals surface area (Å²) in [6.07, 6.45) is 1.49. The van der Waals surface area contributed by atoms with Crippen LogP contribution < -0.4 is 19.6 Å². The van der Waals surface area contributed by atoms with Crippen molar-refractivity contribution in [3.63, 3.8) is 0 Å². The molecule has 0 saturated heterocycles. The van der Waals surface area contributed by atoms with Crippen LogP contribution in [-0.4, -0.2) is 36.8 Å². The van der Waals surface area contributed by atoms with Gasteiger partial charge in [0, 0.05) is 26.9 Å². The van der Waals surface area contributed by atoms with Gasteiger partial charge >= 0.3 is 5.97 Å². The van der Waals surface area contributed by atoms with Gasteiger partial charge in [0.05, 0.1) is 31.0 Å². The summed E-state index contributed by atoms with van der Waals surface area (Å²) in [5.74, 6) is 0.162. The predicted octanol–water partition coefficient (Wildman–Crippen LogP) is 8.03. The molecular weight excluding hydrogens is 590 g/mol. The fourth-order valence-electron chi connectivity index (χ4n) is 5.14. The zero-order valence-corrected chi connectivity index (χ0v) is 25.2. The summed E-state index contributed by atoms with van der Waals surface area (Å²) >= 11 is 6.60. The Morgan fingerprint density at radius 2 is 1.71 bits per heavy atom. The van der Waals surface area contributed by atoms with Crippen molar-refractivity contribution in [3.8, 4) is 28.4 Å². The number of halogens is 1. The maximum atomic E-state index is 13.6. The van der Waals surface area contributed by atoms with Gasteiger partial charge in [-0.2, -0.15) is 5.10 Å². The molecule has 0 atom stereocenters. The number of benzene rings is 5. The van der Waals surface area contributed by atoms with Gasteiger partial charge in [-0.1, -0.05) is 72.3 Å². The Balaban J connectivity index is 1.27. The Morgan fingerprint density at radius 1 is 0.889 bits per heavy atom. The number of methoxy groups -OCH3 is 1. The molecule has 0 bridgehead atoms. The van der Waals surface area contributed by atoms with Crippen LogP contribution in [0.4, 0.5) is 0 Å². The molecule has 0 aliphatic carbocycles. The number of fused-ring (bicyclic) bond motifs is 3. The van der Waals surface area contributed by atoms with Crippen LogP contribution in [0.1, 0.15) is 33.3 Å². The highest BCUT2D eigenvalue weighted by Crippen LogP contribution is 2.39. The number of rotatable bonds is 9. The first-order valence-electron chi connectivity index (χ1n) is 14.2. The number of hydrogen-bond acceptors (Lipinski definition) is 6. The van der Waals surface area contributed by atoms with E-state index in [9.17, 15) is 9.59 Å². The lowest BCUT2D eigenvalue weighted by Gasteiger charge is -2.11. The van der Waals surface area contributed by atoms with Gasteiger partial charge in [-0.05, 0) is 60.3 Å². The van der Waals surface area contributed by atoms with Crippen molar-refractivity contribution < 1.29 is 23.8 Å². The third-order valence-corrected chi connectivity index (χ3v) is 7.55. The van der Waals surface area contributed by atoms with Gasteiger partial charge < -0.3 is 19.2 Å². The first-order chi connectivity index (χ1) is 22.0. The van der Waals surface area contributed by atoms with E-state index in [4.69, 9.17) is 25.8 Å². The minimum atomic E-state index is -0.552. The van der Waals surface area contributed by atoms with Crippen LogP contribution in [0.3, 0.4) is 0 Å². The number of nitrogens with one attached hydrogen (secondary N) is 2. The van der Waals surface area contributed by atoms with E-state index in [0.29, 0.717) is 45.5 Å². The largest absolute Gasteiger partial charge is 0.497 e. The standard InChI is InChI=1S/C36H28ClN3O5/c1-3-44-31-19-22(15-18-30(31)45-36(42)24-10-8-11-25(20-24)43-2)21-38-40-35(41)34-32(27-13-6-7-14-29(27)37)28-17-16-23-9-4-5-12-26(23)33(28)39-34/h4-21,39H,3H2,1-2H3,(H,40,41). The number of aromatic amines is 1.